The highest BCUT2D eigenvalue weighted by atomic mass is 79.9. The molecule has 1 N–H and O–H groups in total. The first-order valence-corrected chi connectivity index (χ1v) is 8.20. The van der Waals surface area contributed by atoms with E-state index in [4.69, 9.17) is 0 Å². The van der Waals surface area contributed by atoms with Crippen LogP contribution in [-0.2, 0) is 0 Å². The van der Waals surface area contributed by atoms with Crippen LogP contribution in [0.5, 0.6) is 0 Å². The molecule has 2 amide bonds. The van der Waals surface area contributed by atoms with Gasteiger partial charge in [0.2, 0.25) is 0 Å². The SMILES string of the molecule is Cc1cc(C(=O)N2CCN(C(=O)c3ccccc3Br)CC2)n[nH]1. The number of H-pyrrole nitrogens is 1. The minimum Gasteiger partial charge on any atom is -0.335 e. The predicted octanol–water partition coefficient (Wildman–Crippen LogP) is 2.08. The largest absolute Gasteiger partial charge is 0.335 e. The van der Waals surface area contributed by atoms with Crippen molar-refractivity contribution in [3.8, 4) is 0 Å². The maximum Gasteiger partial charge on any atom is 0.274 e. The molecule has 0 unspecified atom stereocenters. The number of rotatable bonds is 2. The van der Waals surface area contributed by atoms with Gasteiger partial charge in [0.15, 0.2) is 0 Å². The lowest BCUT2D eigenvalue weighted by molar-refractivity contribution is 0.0532. The zero-order chi connectivity index (χ0) is 16.4. The lowest BCUT2D eigenvalue weighted by atomic mass is 10.2. The first-order valence-electron chi connectivity index (χ1n) is 7.41. The molecule has 7 heteroatoms. The standard InChI is InChI=1S/C16H17BrN4O2/c1-11-10-14(19-18-11)16(23)21-8-6-20(7-9-21)15(22)12-4-2-3-5-13(12)17/h2-5,10H,6-9H2,1H3,(H,18,19). The van der Waals surface area contributed by atoms with Crippen LogP contribution in [0.2, 0.25) is 0 Å². The monoisotopic (exact) mass is 376 g/mol. The third-order valence-corrected chi connectivity index (χ3v) is 4.57. The first-order chi connectivity index (χ1) is 11.1. The number of aromatic nitrogens is 2. The van der Waals surface area contributed by atoms with E-state index >= 15 is 0 Å². The Labute approximate surface area is 142 Å². The Morgan fingerprint density at radius 1 is 1.09 bits per heavy atom. The van der Waals surface area contributed by atoms with E-state index in [1.165, 1.54) is 0 Å². The van der Waals surface area contributed by atoms with Gasteiger partial charge in [-0.1, -0.05) is 12.1 Å². The lowest BCUT2D eigenvalue weighted by Gasteiger charge is -2.34. The second kappa shape index (κ2) is 6.54. The fourth-order valence-electron chi connectivity index (χ4n) is 2.61. The highest BCUT2D eigenvalue weighted by molar-refractivity contribution is 9.10. The lowest BCUT2D eigenvalue weighted by Crippen LogP contribution is -2.50. The normalized spacial score (nSPS) is 14.9. The molecule has 23 heavy (non-hydrogen) atoms. The fraction of sp³-hybridized carbons (Fsp3) is 0.312. The van der Waals surface area contributed by atoms with E-state index in [9.17, 15) is 9.59 Å². The molecule has 0 atom stereocenters. The summed E-state index contributed by atoms with van der Waals surface area (Å²) in [5.41, 5.74) is 1.93. The Morgan fingerprint density at radius 3 is 2.26 bits per heavy atom. The van der Waals surface area contributed by atoms with Gasteiger partial charge in [0.05, 0.1) is 5.56 Å². The summed E-state index contributed by atoms with van der Waals surface area (Å²) in [6.07, 6.45) is 0. The number of halogens is 1. The highest BCUT2D eigenvalue weighted by Crippen LogP contribution is 2.19. The number of piperazine rings is 1. The molecule has 0 aliphatic carbocycles. The number of benzene rings is 1. The summed E-state index contributed by atoms with van der Waals surface area (Å²) in [5.74, 6) is -0.109. The summed E-state index contributed by atoms with van der Waals surface area (Å²) in [5, 5.41) is 6.78. The van der Waals surface area contributed by atoms with Crippen LogP contribution in [0.15, 0.2) is 34.8 Å². The van der Waals surface area contributed by atoms with E-state index in [1.54, 1.807) is 21.9 Å². The fourth-order valence-corrected chi connectivity index (χ4v) is 3.06. The number of nitrogens with zero attached hydrogens (tertiary/aromatic N) is 3. The summed E-state index contributed by atoms with van der Waals surface area (Å²) in [6, 6.07) is 9.12. The minimum absolute atomic E-state index is 0.0137. The van der Waals surface area contributed by atoms with Crippen LogP contribution in [0.4, 0.5) is 0 Å². The first kappa shape index (κ1) is 15.7. The molecule has 120 valence electrons. The second-order valence-electron chi connectivity index (χ2n) is 5.50. The number of aromatic amines is 1. The average molecular weight is 377 g/mol. The van der Waals surface area contributed by atoms with Crippen molar-refractivity contribution in [2.45, 2.75) is 6.92 Å². The number of nitrogens with one attached hydrogen (secondary N) is 1. The molecule has 1 aromatic carbocycles. The smallest absolute Gasteiger partial charge is 0.274 e. The number of hydrogen-bond acceptors (Lipinski definition) is 3. The zero-order valence-corrected chi connectivity index (χ0v) is 14.3. The number of amides is 2. The molecule has 1 aliphatic heterocycles. The summed E-state index contributed by atoms with van der Waals surface area (Å²) in [6.45, 7) is 3.94. The van der Waals surface area contributed by atoms with Gasteiger partial charge in [0.25, 0.3) is 11.8 Å². The van der Waals surface area contributed by atoms with Crippen molar-refractivity contribution in [1.29, 1.82) is 0 Å². The van der Waals surface area contributed by atoms with Crippen LogP contribution in [-0.4, -0.2) is 58.0 Å². The number of hydrogen-bond donors (Lipinski definition) is 1. The van der Waals surface area contributed by atoms with Gasteiger partial charge in [0, 0.05) is 36.3 Å². The van der Waals surface area contributed by atoms with Crippen molar-refractivity contribution >= 4 is 27.7 Å². The summed E-state index contributed by atoms with van der Waals surface area (Å²) < 4.78 is 0.788. The molecule has 2 aromatic rings. The molecule has 3 rings (SSSR count). The molecular formula is C16H17BrN4O2. The van der Waals surface area contributed by atoms with Gasteiger partial charge in [-0.25, -0.2) is 0 Å². The summed E-state index contributed by atoms with van der Waals surface area (Å²) in [7, 11) is 0. The molecule has 1 aromatic heterocycles. The summed E-state index contributed by atoms with van der Waals surface area (Å²) >= 11 is 3.41. The molecule has 2 heterocycles. The second-order valence-corrected chi connectivity index (χ2v) is 6.35. The topological polar surface area (TPSA) is 69.3 Å². The van der Waals surface area contributed by atoms with Gasteiger partial charge >= 0.3 is 0 Å². The molecule has 1 fully saturated rings. The summed E-state index contributed by atoms with van der Waals surface area (Å²) in [4.78, 5) is 28.4. The predicted molar refractivity (Wildman–Crippen MR) is 89.3 cm³/mol. The van der Waals surface area contributed by atoms with Crippen LogP contribution in [0.3, 0.4) is 0 Å². The molecule has 0 radical (unpaired) electrons. The van der Waals surface area contributed by atoms with Crippen molar-refractivity contribution in [3.05, 3.63) is 51.8 Å². The minimum atomic E-state index is -0.0951. The Balaban J connectivity index is 1.63. The third kappa shape index (κ3) is 3.29. The maximum atomic E-state index is 12.5. The van der Waals surface area contributed by atoms with Crippen molar-refractivity contribution in [1.82, 2.24) is 20.0 Å². The van der Waals surface area contributed by atoms with Gasteiger partial charge < -0.3 is 9.80 Å². The molecule has 0 spiro atoms. The van der Waals surface area contributed by atoms with Gasteiger partial charge in [-0.05, 0) is 41.1 Å². The third-order valence-electron chi connectivity index (χ3n) is 3.88. The number of carbonyl (C=O) groups is 2. The Morgan fingerprint density at radius 2 is 1.70 bits per heavy atom. The van der Waals surface area contributed by atoms with Gasteiger partial charge in [-0.3, -0.25) is 14.7 Å². The van der Waals surface area contributed by atoms with Crippen molar-refractivity contribution < 1.29 is 9.59 Å². The average Bonchev–Trinajstić information content (AvgIpc) is 3.01. The Kier molecular flexibility index (Phi) is 4.47. The van der Waals surface area contributed by atoms with Crippen molar-refractivity contribution in [2.75, 3.05) is 26.2 Å². The van der Waals surface area contributed by atoms with Crippen LogP contribution >= 0.6 is 15.9 Å². The van der Waals surface area contributed by atoms with Crippen LogP contribution in [0.25, 0.3) is 0 Å². The Bertz CT molecular complexity index is 735. The quantitative estimate of drug-likeness (QED) is 0.871. The van der Waals surface area contributed by atoms with Crippen LogP contribution in [0.1, 0.15) is 26.5 Å². The molecule has 0 bridgehead atoms. The van der Waals surface area contributed by atoms with Gasteiger partial charge in [0.1, 0.15) is 5.69 Å². The van der Waals surface area contributed by atoms with Crippen molar-refractivity contribution in [2.24, 2.45) is 0 Å². The molecule has 0 saturated carbocycles. The van der Waals surface area contributed by atoms with E-state index in [1.807, 2.05) is 25.1 Å². The molecular weight excluding hydrogens is 360 g/mol. The van der Waals surface area contributed by atoms with Gasteiger partial charge in [-0.2, -0.15) is 5.10 Å². The highest BCUT2D eigenvalue weighted by Gasteiger charge is 2.27. The molecule has 1 saturated heterocycles. The van der Waals surface area contributed by atoms with E-state index in [0.717, 1.165) is 10.2 Å². The zero-order valence-electron chi connectivity index (χ0n) is 12.8. The number of carbonyl (C=O) groups excluding carboxylic acids is 2. The van der Waals surface area contributed by atoms with E-state index < -0.39 is 0 Å². The Hall–Kier alpha value is -2.15. The van der Waals surface area contributed by atoms with Crippen LogP contribution < -0.4 is 0 Å². The molecule has 1 aliphatic rings. The van der Waals surface area contributed by atoms with Gasteiger partial charge in [-0.15, -0.1) is 0 Å². The van der Waals surface area contributed by atoms with Crippen LogP contribution in [0, 0.1) is 6.92 Å². The van der Waals surface area contributed by atoms with E-state index in [-0.39, 0.29) is 11.8 Å². The number of aryl methyl sites for hydroxylation is 1. The maximum absolute atomic E-state index is 12.5. The van der Waals surface area contributed by atoms with Crippen molar-refractivity contribution in [3.63, 3.8) is 0 Å². The molecule has 6 nitrogen and oxygen atoms in total. The van der Waals surface area contributed by atoms with E-state index in [2.05, 4.69) is 26.1 Å². The van der Waals surface area contributed by atoms with E-state index in [0.29, 0.717) is 37.4 Å².